The minimum atomic E-state index is -0.960. The second kappa shape index (κ2) is 7.08. The maximum absolute atomic E-state index is 12.2. The minimum Gasteiger partial charge on any atom is -0.481 e. The molecule has 1 aliphatic rings. The van der Waals surface area contributed by atoms with Gasteiger partial charge in [-0.25, -0.2) is 4.79 Å². The molecule has 1 atom stereocenters. The highest BCUT2D eigenvalue weighted by molar-refractivity contribution is 5.76. The number of carboxylic acid groups (broad SMARTS) is 1. The van der Waals surface area contributed by atoms with Gasteiger partial charge in [0.2, 0.25) is 0 Å². The summed E-state index contributed by atoms with van der Waals surface area (Å²) in [5.74, 6) is -0.960. The molecule has 2 rings (SSSR count). The number of hydrogen-bond acceptors (Lipinski definition) is 3. The van der Waals surface area contributed by atoms with Crippen molar-refractivity contribution in [2.75, 3.05) is 13.1 Å². The number of rotatable bonds is 4. The highest BCUT2D eigenvalue weighted by Crippen LogP contribution is 2.18. The molecule has 0 spiro atoms. The molecule has 3 N–H and O–H groups in total. The van der Waals surface area contributed by atoms with Crippen molar-refractivity contribution in [3.8, 4) is 0 Å². The van der Waals surface area contributed by atoms with Crippen molar-refractivity contribution < 1.29 is 19.8 Å². The number of urea groups is 1. The molecule has 1 aromatic rings. The molecule has 0 bridgehead atoms. The third-order valence-electron chi connectivity index (χ3n) is 3.63. The van der Waals surface area contributed by atoms with Crippen LogP contribution in [0, 0.1) is 0 Å². The number of amides is 2. The zero-order valence-corrected chi connectivity index (χ0v) is 11.7. The van der Waals surface area contributed by atoms with E-state index in [-0.39, 0.29) is 18.6 Å². The summed E-state index contributed by atoms with van der Waals surface area (Å²) >= 11 is 0. The summed E-state index contributed by atoms with van der Waals surface area (Å²) in [5.41, 5.74) is 0.769. The predicted octanol–water partition coefficient (Wildman–Crippen LogP) is 1.37. The predicted molar refractivity (Wildman–Crippen MR) is 76.8 cm³/mol. The summed E-state index contributed by atoms with van der Waals surface area (Å²) in [7, 11) is 0. The third-order valence-corrected chi connectivity index (χ3v) is 3.63. The van der Waals surface area contributed by atoms with Crippen LogP contribution in [0.15, 0.2) is 30.3 Å². The van der Waals surface area contributed by atoms with Crippen LogP contribution in [-0.4, -0.2) is 46.3 Å². The molecule has 0 aliphatic carbocycles. The summed E-state index contributed by atoms with van der Waals surface area (Å²) in [6.45, 7) is 0.975. The van der Waals surface area contributed by atoms with E-state index in [9.17, 15) is 14.7 Å². The lowest BCUT2D eigenvalue weighted by molar-refractivity contribution is -0.137. The van der Waals surface area contributed by atoms with Crippen LogP contribution in [0.3, 0.4) is 0 Å². The molecule has 0 aromatic heterocycles. The van der Waals surface area contributed by atoms with Crippen LogP contribution in [0.4, 0.5) is 4.79 Å². The number of aliphatic hydroxyl groups excluding tert-OH is 1. The van der Waals surface area contributed by atoms with E-state index in [4.69, 9.17) is 5.11 Å². The standard InChI is InChI=1S/C15H20N2O4/c18-12-6-8-17(9-7-12)15(21)16-13(10-14(19)20)11-4-2-1-3-5-11/h1-5,12-13,18H,6-10H2,(H,16,21)(H,19,20). The first kappa shape index (κ1) is 15.3. The molecule has 21 heavy (non-hydrogen) atoms. The number of benzene rings is 1. The first-order valence-electron chi connectivity index (χ1n) is 7.06. The Labute approximate surface area is 123 Å². The molecule has 1 saturated heterocycles. The maximum Gasteiger partial charge on any atom is 0.317 e. The van der Waals surface area contributed by atoms with Gasteiger partial charge in [-0.05, 0) is 18.4 Å². The molecule has 0 saturated carbocycles. The molecule has 6 nitrogen and oxygen atoms in total. The van der Waals surface area contributed by atoms with Gasteiger partial charge in [-0.15, -0.1) is 0 Å². The van der Waals surface area contributed by atoms with E-state index in [2.05, 4.69) is 5.32 Å². The van der Waals surface area contributed by atoms with Crippen LogP contribution in [0.1, 0.15) is 30.9 Å². The number of nitrogens with one attached hydrogen (secondary N) is 1. The number of carboxylic acids is 1. The SMILES string of the molecule is O=C(O)CC(NC(=O)N1CCC(O)CC1)c1ccccc1. The molecular weight excluding hydrogens is 272 g/mol. The number of aliphatic carboxylic acids is 1. The van der Waals surface area contributed by atoms with E-state index in [0.29, 0.717) is 25.9 Å². The molecule has 1 fully saturated rings. The van der Waals surface area contributed by atoms with Crippen LogP contribution in [0.2, 0.25) is 0 Å². The van der Waals surface area contributed by atoms with Crippen molar-refractivity contribution in [2.45, 2.75) is 31.4 Å². The Kier molecular flexibility index (Phi) is 5.16. The molecule has 0 radical (unpaired) electrons. The van der Waals surface area contributed by atoms with Gasteiger partial charge in [0.1, 0.15) is 0 Å². The van der Waals surface area contributed by atoms with Crippen molar-refractivity contribution in [1.29, 1.82) is 0 Å². The van der Waals surface area contributed by atoms with E-state index in [1.165, 1.54) is 0 Å². The van der Waals surface area contributed by atoms with Gasteiger partial charge < -0.3 is 20.4 Å². The number of hydrogen-bond donors (Lipinski definition) is 3. The lowest BCUT2D eigenvalue weighted by Crippen LogP contribution is -2.46. The fourth-order valence-corrected chi connectivity index (χ4v) is 2.42. The molecule has 2 amide bonds. The number of nitrogens with zero attached hydrogens (tertiary/aromatic N) is 1. The summed E-state index contributed by atoms with van der Waals surface area (Å²) in [6.07, 6.45) is 0.606. The topological polar surface area (TPSA) is 89.9 Å². The van der Waals surface area contributed by atoms with Crippen LogP contribution < -0.4 is 5.32 Å². The van der Waals surface area contributed by atoms with E-state index >= 15 is 0 Å². The lowest BCUT2D eigenvalue weighted by atomic mass is 10.0. The Morgan fingerprint density at radius 2 is 1.86 bits per heavy atom. The first-order chi connectivity index (χ1) is 10.1. The van der Waals surface area contributed by atoms with E-state index < -0.39 is 12.0 Å². The molecule has 1 aromatic carbocycles. The average Bonchev–Trinajstić information content (AvgIpc) is 2.47. The molecule has 1 aliphatic heterocycles. The van der Waals surface area contributed by atoms with Gasteiger partial charge in [0.25, 0.3) is 0 Å². The fraction of sp³-hybridized carbons (Fsp3) is 0.467. The number of likely N-dealkylation sites (tertiary alicyclic amines) is 1. The van der Waals surface area contributed by atoms with E-state index in [0.717, 1.165) is 5.56 Å². The van der Waals surface area contributed by atoms with Crippen LogP contribution in [0.25, 0.3) is 0 Å². The monoisotopic (exact) mass is 292 g/mol. The fourth-order valence-electron chi connectivity index (χ4n) is 2.42. The number of aliphatic hydroxyl groups is 1. The molecule has 1 unspecified atom stereocenters. The van der Waals surface area contributed by atoms with Gasteiger partial charge in [-0.2, -0.15) is 0 Å². The largest absolute Gasteiger partial charge is 0.481 e. The third kappa shape index (κ3) is 4.46. The summed E-state index contributed by atoms with van der Waals surface area (Å²) in [4.78, 5) is 24.8. The minimum absolute atomic E-state index is 0.160. The Balaban J connectivity index is 2.01. The van der Waals surface area contributed by atoms with Crippen molar-refractivity contribution in [1.82, 2.24) is 10.2 Å². The maximum atomic E-state index is 12.2. The normalized spacial score (nSPS) is 17.3. The Morgan fingerprint density at radius 1 is 1.24 bits per heavy atom. The zero-order valence-electron chi connectivity index (χ0n) is 11.7. The molecule has 6 heteroatoms. The summed E-state index contributed by atoms with van der Waals surface area (Å²) < 4.78 is 0. The van der Waals surface area contributed by atoms with Crippen molar-refractivity contribution in [3.63, 3.8) is 0 Å². The quantitative estimate of drug-likeness (QED) is 0.782. The second-order valence-corrected chi connectivity index (χ2v) is 5.23. The number of carbonyl (C=O) groups excluding carboxylic acids is 1. The summed E-state index contributed by atoms with van der Waals surface area (Å²) in [6, 6.07) is 8.23. The first-order valence-corrected chi connectivity index (χ1v) is 7.06. The van der Waals surface area contributed by atoms with Gasteiger partial charge in [0, 0.05) is 13.1 Å². The average molecular weight is 292 g/mol. The Bertz CT molecular complexity index is 484. The zero-order chi connectivity index (χ0) is 15.2. The number of piperidine rings is 1. The molecule has 1 heterocycles. The van der Waals surface area contributed by atoms with Gasteiger partial charge in [-0.3, -0.25) is 4.79 Å². The Hall–Kier alpha value is -2.08. The number of carbonyl (C=O) groups is 2. The van der Waals surface area contributed by atoms with Crippen LogP contribution in [0.5, 0.6) is 0 Å². The van der Waals surface area contributed by atoms with E-state index in [1.54, 1.807) is 17.0 Å². The van der Waals surface area contributed by atoms with E-state index in [1.807, 2.05) is 18.2 Å². The van der Waals surface area contributed by atoms with Crippen molar-refractivity contribution in [3.05, 3.63) is 35.9 Å². The highest BCUT2D eigenvalue weighted by atomic mass is 16.4. The highest BCUT2D eigenvalue weighted by Gasteiger charge is 2.24. The lowest BCUT2D eigenvalue weighted by Gasteiger charge is -2.31. The Morgan fingerprint density at radius 3 is 2.43 bits per heavy atom. The van der Waals surface area contributed by atoms with Crippen molar-refractivity contribution in [2.24, 2.45) is 0 Å². The van der Waals surface area contributed by atoms with Gasteiger partial charge in [0.15, 0.2) is 0 Å². The molecule has 114 valence electrons. The second-order valence-electron chi connectivity index (χ2n) is 5.23. The smallest absolute Gasteiger partial charge is 0.317 e. The van der Waals surface area contributed by atoms with Crippen molar-refractivity contribution >= 4 is 12.0 Å². The van der Waals surface area contributed by atoms with Gasteiger partial charge in [-0.1, -0.05) is 30.3 Å². The molecular formula is C15H20N2O4. The van der Waals surface area contributed by atoms with Crippen LogP contribution in [-0.2, 0) is 4.79 Å². The summed E-state index contributed by atoms with van der Waals surface area (Å²) in [5, 5.41) is 21.2. The van der Waals surface area contributed by atoms with Crippen LogP contribution >= 0.6 is 0 Å². The van der Waals surface area contributed by atoms with Gasteiger partial charge in [0.05, 0.1) is 18.6 Å². The van der Waals surface area contributed by atoms with Gasteiger partial charge >= 0.3 is 12.0 Å².